The van der Waals surface area contributed by atoms with Gasteiger partial charge in [0.1, 0.15) is 11.6 Å². The molecule has 1 atom stereocenters. The molecule has 0 unspecified atom stereocenters. The molecule has 0 aliphatic carbocycles. The summed E-state index contributed by atoms with van der Waals surface area (Å²) in [5.74, 6) is 2.35. The first-order valence-electron chi connectivity index (χ1n) is 12.2. The van der Waals surface area contributed by atoms with Crippen molar-refractivity contribution in [3.8, 4) is 0 Å². The summed E-state index contributed by atoms with van der Waals surface area (Å²) in [6.07, 6.45) is 2.40. The van der Waals surface area contributed by atoms with Gasteiger partial charge in [0.05, 0.1) is 19.3 Å². The number of benzene rings is 1. The fraction of sp³-hybridized carbons (Fsp3) is 0.542. The average molecular weight is 484 g/mol. The lowest BCUT2D eigenvalue weighted by atomic mass is 10.2. The zero-order chi connectivity index (χ0) is 23.2. The Kier molecular flexibility index (Phi) is 7.57. The highest BCUT2D eigenvalue weighted by molar-refractivity contribution is 7.80. The van der Waals surface area contributed by atoms with Gasteiger partial charge in [0.2, 0.25) is 5.95 Å². The minimum absolute atomic E-state index is 0.219. The second-order valence-corrected chi connectivity index (χ2v) is 9.20. The smallest absolute Gasteiger partial charge is 0.232 e. The zero-order valence-electron chi connectivity index (χ0n) is 19.5. The summed E-state index contributed by atoms with van der Waals surface area (Å²) >= 11 is 5.53. The number of thiocarbonyl (C=S) groups is 1. The van der Waals surface area contributed by atoms with Gasteiger partial charge in [-0.1, -0.05) is 18.2 Å². The summed E-state index contributed by atoms with van der Waals surface area (Å²) in [5, 5.41) is 6.99. The molecule has 1 aromatic heterocycles. The molecule has 0 amide bonds. The number of piperazine rings is 1. The standard InChI is InChI=1S/C24H33N7O2S/c34-24(25-18-20-7-4-14-33-20)28-23-26-21(17-22(27-23)31-12-15-32-16-13-31)30-10-8-29(9-11-30)19-5-2-1-3-6-19/h1-3,5-6,17,20H,4,7-16,18H2,(H2,25,26,27,28,34)/t20-/m0/s1. The average Bonchev–Trinajstić information content (AvgIpc) is 3.42. The number of aromatic nitrogens is 2. The van der Waals surface area contributed by atoms with E-state index in [4.69, 9.17) is 31.7 Å². The highest BCUT2D eigenvalue weighted by Gasteiger charge is 2.22. The van der Waals surface area contributed by atoms with E-state index in [1.165, 1.54) is 5.69 Å². The number of nitrogens with one attached hydrogen (secondary N) is 2. The highest BCUT2D eigenvalue weighted by atomic mass is 32.1. The van der Waals surface area contributed by atoms with Crippen LogP contribution in [0.15, 0.2) is 36.4 Å². The molecule has 2 aromatic rings. The van der Waals surface area contributed by atoms with Crippen molar-refractivity contribution in [1.82, 2.24) is 15.3 Å². The van der Waals surface area contributed by atoms with Crippen LogP contribution in [0.1, 0.15) is 12.8 Å². The van der Waals surface area contributed by atoms with Crippen molar-refractivity contribution in [1.29, 1.82) is 0 Å². The monoisotopic (exact) mass is 483 g/mol. The molecule has 0 saturated carbocycles. The molecule has 182 valence electrons. The molecule has 34 heavy (non-hydrogen) atoms. The minimum Gasteiger partial charge on any atom is -0.378 e. The topological polar surface area (TPSA) is 78.0 Å². The van der Waals surface area contributed by atoms with Gasteiger partial charge in [-0.05, 0) is 37.2 Å². The minimum atomic E-state index is 0.219. The van der Waals surface area contributed by atoms with Gasteiger partial charge in [-0.3, -0.25) is 0 Å². The van der Waals surface area contributed by atoms with Crippen LogP contribution in [0.3, 0.4) is 0 Å². The Morgan fingerprint density at radius 3 is 2.26 bits per heavy atom. The van der Waals surface area contributed by atoms with Gasteiger partial charge in [0.15, 0.2) is 5.11 Å². The molecule has 0 bridgehead atoms. The Labute approximate surface area is 206 Å². The molecule has 0 radical (unpaired) electrons. The second-order valence-electron chi connectivity index (χ2n) is 8.79. The summed E-state index contributed by atoms with van der Waals surface area (Å²) in [7, 11) is 0. The third kappa shape index (κ3) is 5.86. The van der Waals surface area contributed by atoms with E-state index in [-0.39, 0.29) is 6.10 Å². The van der Waals surface area contributed by atoms with E-state index in [2.05, 4.69) is 61.7 Å². The van der Waals surface area contributed by atoms with Crippen molar-refractivity contribution >= 4 is 40.6 Å². The van der Waals surface area contributed by atoms with E-state index >= 15 is 0 Å². The van der Waals surface area contributed by atoms with Crippen LogP contribution in [-0.4, -0.2) is 86.8 Å². The van der Waals surface area contributed by atoms with E-state index < -0.39 is 0 Å². The van der Waals surface area contributed by atoms with Crippen LogP contribution in [-0.2, 0) is 9.47 Å². The molecular weight excluding hydrogens is 450 g/mol. The van der Waals surface area contributed by atoms with E-state index in [0.29, 0.717) is 30.8 Å². The Morgan fingerprint density at radius 2 is 1.59 bits per heavy atom. The third-order valence-electron chi connectivity index (χ3n) is 6.50. The van der Waals surface area contributed by atoms with Gasteiger partial charge in [-0.25, -0.2) is 0 Å². The van der Waals surface area contributed by atoms with Crippen molar-refractivity contribution in [2.75, 3.05) is 85.7 Å². The Balaban J connectivity index is 1.28. The second kappa shape index (κ2) is 11.2. The lowest BCUT2D eigenvalue weighted by Gasteiger charge is -2.37. The van der Waals surface area contributed by atoms with Crippen LogP contribution in [0.25, 0.3) is 0 Å². The molecule has 3 saturated heterocycles. The van der Waals surface area contributed by atoms with Gasteiger partial charge in [0.25, 0.3) is 0 Å². The molecule has 9 nitrogen and oxygen atoms in total. The van der Waals surface area contributed by atoms with Gasteiger partial charge >= 0.3 is 0 Å². The van der Waals surface area contributed by atoms with Gasteiger partial charge < -0.3 is 34.8 Å². The molecule has 4 heterocycles. The number of morpholine rings is 1. The summed E-state index contributed by atoms with van der Waals surface area (Å²) < 4.78 is 11.2. The molecule has 10 heteroatoms. The summed E-state index contributed by atoms with van der Waals surface area (Å²) in [6, 6.07) is 12.7. The molecule has 3 aliphatic rings. The number of rotatable bonds is 6. The molecule has 1 aromatic carbocycles. The lowest BCUT2D eigenvalue weighted by molar-refractivity contribution is 0.114. The molecule has 0 spiro atoms. The van der Waals surface area contributed by atoms with Gasteiger partial charge in [-0.2, -0.15) is 9.97 Å². The van der Waals surface area contributed by atoms with Crippen molar-refractivity contribution in [2.24, 2.45) is 0 Å². The number of hydrogen-bond donors (Lipinski definition) is 2. The molecule has 3 fully saturated rings. The maximum atomic E-state index is 5.68. The molecule has 2 N–H and O–H groups in total. The maximum Gasteiger partial charge on any atom is 0.232 e. The number of hydrogen-bond acceptors (Lipinski definition) is 8. The first-order chi connectivity index (χ1) is 16.7. The summed E-state index contributed by atoms with van der Waals surface area (Å²) in [6.45, 7) is 8.28. The number of para-hydroxylation sites is 1. The maximum absolute atomic E-state index is 5.68. The predicted octanol–water partition coefficient (Wildman–Crippen LogP) is 2.11. The number of ether oxygens (including phenoxy) is 2. The lowest BCUT2D eigenvalue weighted by Crippen LogP contribution is -2.47. The number of anilines is 4. The van der Waals surface area contributed by atoms with Crippen molar-refractivity contribution in [3.63, 3.8) is 0 Å². The molecule has 5 rings (SSSR count). The summed E-state index contributed by atoms with van der Waals surface area (Å²) in [5.41, 5.74) is 1.27. The van der Waals surface area contributed by atoms with Crippen LogP contribution in [0, 0.1) is 0 Å². The Hall–Kier alpha value is -2.69. The van der Waals surface area contributed by atoms with E-state index in [1.807, 2.05) is 0 Å². The normalized spacial score (nSPS) is 20.9. The quantitative estimate of drug-likeness (QED) is 0.597. The van der Waals surface area contributed by atoms with E-state index in [1.54, 1.807) is 0 Å². The van der Waals surface area contributed by atoms with Gasteiger partial charge in [-0.15, -0.1) is 0 Å². The predicted molar refractivity (Wildman–Crippen MR) is 139 cm³/mol. The van der Waals surface area contributed by atoms with E-state index in [9.17, 15) is 0 Å². The SMILES string of the molecule is S=C(NC[C@@H]1CCCO1)Nc1nc(N2CCOCC2)cc(N2CCN(c3ccccc3)CC2)n1. The van der Waals surface area contributed by atoms with Crippen molar-refractivity contribution < 1.29 is 9.47 Å². The van der Waals surface area contributed by atoms with Crippen LogP contribution in [0.5, 0.6) is 0 Å². The van der Waals surface area contributed by atoms with Crippen molar-refractivity contribution in [3.05, 3.63) is 36.4 Å². The van der Waals surface area contributed by atoms with Crippen LogP contribution in [0.4, 0.5) is 23.3 Å². The largest absolute Gasteiger partial charge is 0.378 e. The summed E-state index contributed by atoms with van der Waals surface area (Å²) in [4.78, 5) is 16.6. The van der Waals surface area contributed by atoms with Crippen LogP contribution >= 0.6 is 12.2 Å². The van der Waals surface area contributed by atoms with E-state index in [0.717, 1.165) is 70.4 Å². The molecular formula is C24H33N7O2S. The molecule has 3 aliphatic heterocycles. The van der Waals surface area contributed by atoms with Crippen molar-refractivity contribution in [2.45, 2.75) is 18.9 Å². The third-order valence-corrected chi connectivity index (χ3v) is 6.75. The Bertz CT molecular complexity index is 944. The number of nitrogens with zero attached hydrogens (tertiary/aromatic N) is 5. The van der Waals surface area contributed by atoms with Gasteiger partial charge in [0, 0.05) is 64.2 Å². The Morgan fingerprint density at radius 1 is 0.912 bits per heavy atom. The fourth-order valence-corrected chi connectivity index (χ4v) is 4.76. The zero-order valence-corrected chi connectivity index (χ0v) is 20.3. The first kappa shape index (κ1) is 23.1. The van der Waals surface area contributed by atoms with Crippen LogP contribution in [0.2, 0.25) is 0 Å². The van der Waals surface area contributed by atoms with Crippen LogP contribution < -0.4 is 25.3 Å². The highest BCUT2D eigenvalue weighted by Crippen LogP contribution is 2.24. The fourth-order valence-electron chi connectivity index (χ4n) is 4.58. The first-order valence-corrected chi connectivity index (χ1v) is 12.6.